The number of rotatable bonds is 5. The molecule has 2 heterocycles. The summed E-state index contributed by atoms with van der Waals surface area (Å²) in [7, 11) is 3.83. The van der Waals surface area contributed by atoms with Crippen molar-refractivity contribution in [2.24, 2.45) is 0 Å². The maximum absolute atomic E-state index is 6.18. The largest absolute Gasteiger partial charge is 0.495 e. The van der Waals surface area contributed by atoms with Gasteiger partial charge in [-0.1, -0.05) is 11.6 Å². The Balaban J connectivity index is 1.46. The summed E-state index contributed by atoms with van der Waals surface area (Å²) in [4.78, 5) is 4.71. The number of methoxy groups -OCH3 is 1. The molecule has 7 heteroatoms. The Bertz CT molecular complexity index is 617. The quantitative estimate of drug-likeness (QED) is 0.765. The molecule has 0 amide bonds. The van der Waals surface area contributed by atoms with Crippen molar-refractivity contribution in [1.82, 2.24) is 9.80 Å². The minimum Gasteiger partial charge on any atom is -0.495 e. The average molecular weight is 398 g/mol. The van der Waals surface area contributed by atoms with Crippen molar-refractivity contribution in [3.63, 3.8) is 0 Å². The number of thiocarbonyl (C=S) groups is 1. The molecule has 5 nitrogen and oxygen atoms in total. The first kappa shape index (κ1) is 19.7. The first-order chi connectivity index (χ1) is 12.6. The molecule has 0 bridgehead atoms. The molecular weight excluding hydrogens is 370 g/mol. The molecule has 144 valence electrons. The van der Waals surface area contributed by atoms with Gasteiger partial charge in [-0.2, -0.15) is 0 Å². The lowest BCUT2D eigenvalue weighted by atomic mass is 10.0. The summed E-state index contributed by atoms with van der Waals surface area (Å²) in [6.07, 6.45) is 5.05. The molecule has 2 aliphatic heterocycles. The fourth-order valence-electron chi connectivity index (χ4n) is 3.71. The summed E-state index contributed by atoms with van der Waals surface area (Å²) < 4.78 is 11.0. The molecule has 3 rings (SSSR count). The number of likely N-dealkylation sites (N-methyl/N-ethyl adjacent to an activating group) is 1. The highest BCUT2D eigenvalue weighted by Crippen LogP contribution is 2.27. The van der Waals surface area contributed by atoms with Crippen LogP contribution in [0.1, 0.15) is 25.7 Å². The van der Waals surface area contributed by atoms with Gasteiger partial charge in [0, 0.05) is 38.0 Å². The Kier molecular flexibility index (Phi) is 6.98. The van der Waals surface area contributed by atoms with Crippen molar-refractivity contribution in [3.05, 3.63) is 23.2 Å². The van der Waals surface area contributed by atoms with Gasteiger partial charge >= 0.3 is 0 Å². The van der Waals surface area contributed by atoms with E-state index in [0.717, 1.165) is 49.9 Å². The molecule has 0 aromatic heterocycles. The first-order valence-corrected chi connectivity index (χ1v) is 10.1. The molecule has 0 radical (unpaired) electrons. The van der Waals surface area contributed by atoms with Crippen molar-refractivity contribution in [2.45, 2.75) is 37.8 Å². The summed E-state index contributed by atoms with van der Waals surface area (Å²) in [5.74, 6) is 0.665. The second-order valence-electron chi connectivity index (χ2n) is 7.07. The zero-order valence-corrected chi connectivity index (χ0v) is 17.1. The molecule has 1 atom stereocenters. The van der Waals surface area contributed by atoms with Gasteiger partial charge in [0.05, 0.1) is 18.2 Å². The third kappa shape index (κ3) is 5.00. The number of anilines is 1. The van der Waals surface area contributed by atoms with Crippen LogP contribution in [0.2, 0.25) is 5.02 Å². The summed E-state index contributed by atoms with van der Waals surface area (Å²) >= 11 is 11.8. The molecule has 26 heavy (non-hydrogen) atoms. The second-order valence-corrected chi connectivity index (χ2v) is 7.87. The Hall–Kier alpha value is -1.08. The van der Waals surface area contributed by atoms with Crippen LogP contribution < -0.4 is 10.1 Å². The van der Waals surface area contributed by atoms with Crippen LogP contribution in [-0.2, 0) is 4.74 Å². The third-order valence-corrected chi connectivity index (χ3v) is 5.95. The molecular formula is C19H28ClN3O2S. The Labute approximate surface area is 166 Å². The normalized spacial score (nSPS) is 21.2. The van der Waals surface area contributed by atoms with Crippen LogP contribution in [0.3, 0.4) is 0 Å². The van der Waals surface area contributed by atoms with Crippen LogP contribution in [0.4, 0.5) is 5.69 Å². The van der Waals surface area contributed by atoms with E-state index in [1.165, 1.54) is 12.8 Å². The van der Waals surface area contributed by atoms with Crippen LogP contribution in [0.5, 0.6) is 5.75 Å². The maximum atomic E-state index is 6.18. The van der Waals surface area contributed by atoms with Gasteiger partial charge < -0.3 is 24.6 Å². The van der Waals surface area contributed by atoms with Crippen molar-refractivity contribution in [2.75, 3.05) is 45.7 Å². The standard InChI is InChI=1S/C19H28ClN3O2S/c1-22(13-16-4-3-11-25-16)15-7-9-23(10-8-15)19(26)21-14-5-6-18(24-2)17(20)12-14/h5-6,12,15-16H,3-4,7-11,13H2,1-2H3,(H,21,26)/t16-/m0/s1. The smallest absolute Gasteiger partial charge is 0.173 e. The molecule has 0 saturated carbocycles. The van der Waals surface area contributed by atoms with Crippen LogP contribution in [-0.4, -0.2) is 67.5 Å². The summed E-state index contributed by atoms with van der Waals surface area (Å²) in [5.41, 5.74) is 0.887. The van der Waals surface area contributed by atoms with E-state index >= 15 is 0 Å². The zero-order chi connectivity index (χ0) is 18.5. The SMILES string of the molecule is COc1ccc(NC(=S)N2CCC(N(C)C[C@@H]3CCCO3)CC2)cc1Cl. The fraction of sp³-hybridized carbons (Fsp3) is 0.632. The molecule has 0 aliphatic carbocycles. The lowest BCUT2D eigenvalue weighted by Gasteiger charge is -2.38. The zero-order valence-electron chi connectivity index (χ0n) is 15.5. The molecule has 1 N–H and O–H groups in total. The van der Waals surface area contributed by atoms with Crippen LogP contribution in [0, 0.1) is 0 Å². The van der Waals surface area contributed by atoms with E-state index in [0.29, 0.717) is 22.9 Å². The lowest BCUT2D eigenvalue weighted by Crippen LogP contribution is -2.48. The minimum absolute atomic E-state index is 0.417. The first-order valence-electron chi connectivity index (χ1n) is 9.28. The molecule has 1 aromatic rings. The number of hydrogen-bond donors (Lipinski definition) is 1. The molecule has 0 unspecified atom stereocenters. The topological polar surface area (TPSA) is 37.0 Å². The van der Waals surface area contributed by atoms with Crippen molar-refractivity contribution >= 4 is 34.6 Å². The van der Waals surface area contributed by atoms with Crippen molar-refractivity contribution in [1.29, 1.82) is 0 Å². The van der Waals surface area contributed by atoms with Gasteiger partial charge in [0.15, 0.2) is 5.11 Å². The fourth-order valence-corrected chi connectivity index (χ4v) is 4.27. The van der Waals surface area contributed by atoms with Crippen LogP contribution in [0.25, 0.3) is 0 Å². The highest BCUT2D eigenvalue weighted by Gasteiger charge is 2.26. The highest BCUT2D eigenvalue weighted by molar-refractivity contribution is 7.80. The van der Waals surface area contributed by atoms with E-state index in [1.54, 1.807) is 7.11 Å². The van der Waals surface area contributed by atoms with E-state index in [1.807, 2.05) is 18.2 Å². The highest BCUT2D eigenvalue weighted by atomic mass is 35.5. The second kappa shape index (κ2) is 9.22. The number of hydrogen-bond acceptors (Lipinski definition) is 4. The maximum Gasteiger partial charge on any atom is 0.173 e. The van der Waals surface area contributed by atoms with E-state index in [-0.39, 0.29) is 0 Å². The molecule has 1 aromatic carbocycles. The Morgan fingerprint density at radius 2 is 2.15 bits per heavy atom. The number of ether oxygens (including phenoxy) is 2. The number of likely N-dealkylation sites (tertiary alicyclic amines) is 1. The number of halogens is 1. The van der Waals surface area contributed by atoms with E-state index < -0.39 is 0 Å². The summed E-state index contributed by atoms with van der Waals surface area (Å²) in [6.45, 7) is 3.90. The number of nitrogens with zero attached hydrogens (tertiary/aromatic N) is 2. The van der Waals surface area contributed by atoms with Crippen molar-refractivity contribution < 1.29 is 9.47 Å². The van der Waals surface area contributed by atoms with Gasteiger partial charge in [-0.15, -0.1) is 0 Å². The van der Waals surface area contributed by atoms with Gasteiger partial charge in [0.25, 0.3) is 0 Å². The minimum atomic E-state index is 0.417. The summed E-state index contributed by atoms with van der Waals surface area (Å²) in [6, 6.07) is 6.22. The van der Waals surface area contributed by atoms with Crippen LogP contribution in [0.15, 0.2) is 18.2 Å². The predicted octanol–water partition coefficient (Wildman–Crippen LogP) is 3.62. The van der Waals surface area contributed by atoms with Gasteiger partial charge in [-0.3, -0.25) is 0 Å². The number of benzene rings is 1. The number of piperidine rings is 1. The van der Waals surface area contributed by atoms with Gasteiger partial charge in [-0.25, -0.2) is 0 Å². The molecule has 2 fully saturated rings. The van der Waals surface area contributed by atoms with Gasteiger partial charge in [0.2, 0.25) is 0 Å². The lowest BCUT2D eigenvalue weighted by molar-refractivity contribution is 0.0576. The Morgan fingerprint density at radius 1 is 1.38 bits per heavy atom. The molecule has 2 aliphatic rings. The van der Waals surface area contributed by atoms with E-state index in [4.69, 9.17) is 33.3 Å². The third-order valence-electron chi connectivity index (χ3n) is 5.29. The van der Waals surface area contributed by atoms with Gasteiger partial charge in [-0.05, 0) is 63.1 Å². The van der Waals surface area contributed by atoms with Crippen LogP contribution >= 0.6 is 23.8 Å². The predicted molar refractivity (Wildman–Crippen MR) is 110 cm³/mol. The number of nitrogens with one attached hydrogen (secondary N) is 1. The van der Waals surface area contributed by atoms with Gasteiger partial charge in [0.1, 0.15) is 5.75 Å². The molecule has 0 spiro atoms. The molecule has 2 saturated heterocycles. The Morgan fingerprint density at radius 3 is 2.77 bits per heavy atom. The van der Waals surface area contributed by atoms with E-state index in [2.05, 4.69) is 22.2 Å². The van der Waals surface area contributed by atoms with Crippen molar-refractivity contribution in [3.8, 4) is 5.75 Å². The monoisotopic (exact) mass is 397 g/mol. The summed E-state index contributed by atoms with van der Waals surface area (Å²) in [5, 5.41) is 4.62. The average Bonchev–Trinajstić information content (AvgIpc) is 3.15. The van der Waals surface area contributed by atoms with E-state index in [9.17, 15) is 0 Å².